The molecule has 28 heavy (non-hydrogen) atoms. The van der Waals surface area contributed by atoms with Crippen LogP contribution < -0.4 is 10.2 Å². The van der Waals surface area contributed by atoms with Crippen molar-refractivity contribution in [1.82, 2.24) is 15.2 Å². The third-order valence-electron chi connectivity index (χ3n) is 5.55. The molecule has 2 heterocycles. The predicted molar refractivity (Wildman–Crippen MR) is 106 cm³/mol. The molecule has 2 N–H and O–H groups in total. The molecule has 0 bridgehead atoms. The van der Waals surface area contributed by atoms with E-state index in [1.807, 2.05) is 11.9 Å². The van der Waals surface area contributed by atoms with Crippen LogP contribution in [0.1, 0.15) is 49.9 Å². The number of amides is 1. The molecule has 1 unspecified atom stereocenters. The number of carboxylic acids is 1. The summed E-state index contributed by atoms with van der Waals surface area (Å²) in [6.07, 6.45) is 4.71. The Bertz CT molecular complexity index is 748. The van der Waals surface area contributed by atoms with E-state index in [1.54, 1.807) is 11.0 Å². The molecule has 1 aromatic heterocycles. The van der Waals surface area contributed by atoms with Crippen molar-refractivity contribution in [2.45, 2.75) is 51.1 Å². The first-order chi connectivity index (χ1) is 13.3. The Labute approximate surface area is 166 Å². The molecule has 1 aromatic rings. The van der Waals surface area contributed by atoms with Crippen LogP contribution in [0.2, 0.25) is 0 Å². The average molecular weight is 387 g/mol. The molecule has 2 rings (SSSR count). The van der Waals surface area contributed by atoms with E-state index in [1.165, 1.54) is 12.3 Å². The van der Waals surface area contributed by atoms with Crippen molar-refractivity contribution in [2.24, 2.45) is 0 Å². The molecule has 8 heteroatoms. The fourth-order valence-corrected chi connectivity index (χ4v) is 3.27. The maximum Gasteiger partial charge on any atom is 0.335 e. The van der Waals surface area contributed by atoms with E-state index in [0.717, 1.165) is 25.7 Å². The number of rotatable bonds is 9. The number of carbonyl (C=O) groups excluding carboxylic acids is 1. The van der Waals surface area contributed by atoms with Gasteiger partial charge in [-0.05, 0) is 44.7 Å². The van der Waals surface area contributed by atoms with Crippen LogP contribution in [0.3, 0.4) is 0 Å². The van der Waals surface area contributed by atoms with Crippen molar-refractivity contribution in [3.63, 3.8) is 0 Å². The van der Waals surface area contributed by atoms with Crippen molar-refractivity contribution in [3.05, 3.63) is 23.9 Å². The molecule has 2 atom stereocenters. The van der Waals surface area contributed by atoms with Gasteiger partial charge in [-0.25, -0.2) is 9.78 Å². The molecule has 1 aliphatic rings. The van der Waals surface area contributed by atoms with E-state index >= 15 is 0 Å². The van der Waals surface area contributed by atoms with Crippen LogP contribution >= 0.6 is 0 Å². The van der Waals surface area contributed by atoms with Crippen LogP contribution in [0.4, 0.5) is 5.82 Å². The molecule has 1 saturated heterocycles. The lowest BCUT2D eigenvalue weighted by Crippen LogP contribution is -2.50. The molecule has 0 aromatic carbocycles. The number of anilines is 1. The summed E-state index contributed by atoms with van der Waals surface area (Å²) in [5, 5.41) is 21.6. The smallest absolute Gasteiger partial charge is 0.335 e. The summed E-state index contributed by atoms with van der Waals surface area (Å²) in [6.45, 7) is 5.65. The maximum atomic E-state index is 12.5. The molecule has 1 amide bonds. The highest BCUT2D eigenvalue weighted by atomic mass is 16.4. The largest absolute Gasteiger partial charge is 0.478 e. The van der Waals surface area contributed by atoms with Crippen LogP contribution in [0.25, 0.3) is 0 Å². The van der Waals surface area contributed by atoms with Crippen LogP contribution in [0.5, 0.6) is 0 Å². The van der Waals surface area contributed by atoms with Gasteiger partial charge in [0.1, 0.15) is 11.9 Å². The van der Waals surface area contributed by atoms with Gasteiger partial charge in [0.15, 0.2) is 0 Å². The molecular weight excluding hydrogens is 358 g/mol. The fourth-order valence-electron chi connectivity index (χ4n) is 3.27. The molecule has 1 aliphatic heterocycles. The number of hydrogen-bond donors (Lipinski definition) is 2. The minimum absolute atomic E-state index is 0.0343. The fraction of sp³-hybridized carbons (Fsp3) is 0.600. The average Bonchev–Trinajstić information content (AvgIpc) is 3.19. The topological polar surface area (TPSA) is 110 Å². The van der Waals surface area contributed by atoms with Gasteiger partial charge < -0.3 is 20.2 Å². The van der Waals surface area contributed by atoms with E-state index < -0.39 is 5.97 Å². The Morgan fingerprint density at radius 3 is 2.93 bits per heavy atom. The maximum absolute atomic E-state index is 12.5. The number of aromatic carboxylic acids is 1. The minimum atomic E-state index is -0.979. The highest BCUT2D eigenvalue weighted by molar-refractivity contribution is 5.88. The molecule has 152 valence electrons. The Hall–Kier alpha value is -2.66. The van der Waals surface area contributed by atoms with Gasteiger partial charge in [-0.15, -0.1) is 0 Å². The van der Waals surface area contributed by atoms with E-state index in [9.17, 15) is 9.59 Å². The molecule has 0 saturated carbocycles. The summed E-state index contributed by atoms with van der Waals surface area (Å²) in [7, 11) is 1.87. The number of likely N-dealkylation sites (tertiary alicyclic amines) is 1. The molecular formula is C20H29N5O3. The van der Waals surface area contributed by atoms with Crippen LogP contribution in [-0.4, -0.2) is 65.1 Å². The number of nitrogens with one attached hydrogen (secondary N) is 1. The summed E-state index contributed by atoms with van der Waals surface area (Å²) in [4.78, 5) is 31.4. The van der Waals surface area contributed by atoms with Gasteiger partial charge >= 0.3 is 5.97 Å². The standard InChI is InChI=1S/C20H29N5O3/c1-4-20(2,23-14-18(26)25-10-5-6-16(25)13-21)8-11-24(3)17-12-15(19(27)28)7-9-22-17/h7,9,12,16,23H,4-6,8,10-11,14H2,1-3H3,(H,27,28)/t16-,20?/m0/s1. The lowest BCUT2D eigenvalue weighted by atomic mass is 9.94. The Balaban J connectivity index is 1.91. The zero-order chi connectivity index (χ0) is 20.7. The summed E-state index contributed by atoms with van der Waals surface area (Å²) in [6, 6.07) is 4.92. The summed E-state index contributed by atoms with van der Waals surface area (Å²) >= 11 is 0. The van der Waals surface area contributed by atoms with E-state index in [4.69, 9.17) is 10.4 Å². The van der Waals surface area contributed by atoms with Gasteiger partial charge in [-0.2, -0.15) is 5.26 Å². The number of pyridine rings is 1. The monoisotopic (exact) mass is 387 g/mol. The number of aromatic nitrogens is 1. The van der Waals surface area contributed by atoms with Crippen molar-refractivity contribution in [1.29, 1.82) is 5.26 Å². The van der Waals surface area contributed by atoms with E-state index in [-0.39, 0.29) is 29.6 Å². The first-order valence-corrected chi connectivity index (χ1v) is 9.64. The highest BCUT2D eigenvalue weighted by Gasteiger charge is 2.30. The van der Waals surface area contributed by atoms with Crippen LogP contribution in [0.15, 0.2) is 18.3 Å². The number of carbonyl (C=O) groups is 2. The minimum Gasteiger partial charge on any atom is -0.478 e. The third kappa shape index (κ3) is 5.42. The van der Waals surface area contributed by atoms with Gasteiger partial charge in [0, 0.05) is 31.9 Å². The summed E-state index contributed by atoms with van der Waals surface area (Å²) in [5.74, 6) is -0.413. The van der Waals surface area contributed by atoms with Gasteiger partial charge in [-0.1, -0.05) is 6.92 Å². The highest BCUT2D eigenvalue weighted by Crippen LogP contribution is 2.19. The second kappa shape index (κ2) is 9.51. The van der Waals surface area contributed by atoms with Gasteiger partial charge in [0.25, 0.3) is 0 Å². The van der Waals surface area contributed by atoms with Crippen LogP contribution in [-0.2, 0) is 4.79 Å². The quantitative estimate of drug-likeness (QED) is 0.666. The van der Waals surface area contributed by atoms with E-state index in [0.29, 0.717) is 18.9 Å². The van der Waals surface area contributed by atoms with Crippen molar-refractivity contribution in [2.75, 3.05) is 31.6 Å². The lowest BCUT2D eigenvalue weighted by molar-refractivity contribution is -0.130. The second-order valence-electron chi connectivity index (χ2n) is 7.52. The SMILES string of the molecule is CCC(C)(CCN(C)c1cc(C(=O)O)ccn1)NCC(=O)N1CCC[C@H]1C#N. The first-order valence-electron chi connectivity index (χ1n) is 9.64. The zero-order valence-corrected chi connectivity index (χ0v) is 16.8. The number of hydrogen-bond acceptors (Lipinski definition) is 6. The Morgan fingerprint density at radius 1 is 1.54 bits per heavy atom. The zero-order valence-electron chi connectivity index (χ0n) is 16.8. The van der Waals surface area contributed by atoms with Crippen molar-refractivity contribution in [3.8, 4) is 6.07 Å². The lowest BCUT2D eigenvalue weighted by Gasteiger charge is -2.33. The Kier molecular flexibility index (Phi) is 7.35. The number of carboxylic acid groups (broad SMARTS) is 1. The normalized spacial score (nSPS) is 18.4. The molecule has 1 fully saturated rings. The Morgan fingerprint density at radius 2 is 2.29 bits per heavy atom. The second-order valence-corrected chi connectivity index (χ2v) is 7.52. The predicted octanol–water partition coefficient (Wildman–Crippen LogP) is 1.88. The summed E-state index contributed by atoms with van der Waals surface area (Å²) < 4.78 is 0. The molecule has 0 aliphatic carbocycles. The summed E-state index contributed by atoms with van der Waals surface area (Å²) in [5.41, 5.74) is -0.0487. The van der Waals surface area contributed by atoms with Crippen molar-refractivity contribution < 1.29 is 14.7 Å². The van der Waals surface area contributed by atoms with Gasteiger partial charge in [-0.3, -0.25) is 4.79 Å². The number of nitrogens with zero attached hydrogens (tertiary/aromatic N) is 4. The van der Waals surface area contributed by atoms with Gasteiger partial charge in [0.2, 0.25) is 5.91 Å². The third-order valence-corrected chi connectivity index (χ3v) is 5.55. The van der Waals surface area contributed by atoms with E-state index in [2.05, 4.69) is 30.2 Å². The molecule has 0 spiro atoms. The first kappa shape index (κ1) is 21.6. The number of nitriles is 1. The molecule has 8 nitrogen and oxygen atoms in total. The van der Waals surface area contributed by atoms with Gasteiger partial charge in [0.05, 0.1) is 18.2 Å². The van der Waals surface area contributed by atoms with Crippen LogP contribution in [0, 0.1) is 11.3 Å². The van der Waals surface area contributed by atoms with Crippen molar-refractivity contribution >= 4 is 17.7 Å². The molecule has 0 radical (unpaired) electrons.